The molecule has 0 aliphatic carbocycles. The molecule has 0 amide bonds. The van der Waals surface area contributed by atoms with E-state index in [0.29, 0.717) is 15.7 Å². The van der Waals surface area contributed by atoms with Gasteiger partial charge in [0.15, 0.2) is 5.71 Å². The topological polar surface area (TPSA) is 70.0 Å². The van der Waals surface area contributed by atoms with Crippen molar-refractivity contribution in [2.24, 2.45) is 5.10 Å². The van der Waals surface area contributed by atoms with Crippen LogP contribution in [0.5, 0.6) is 0 Å². The van der Waals surface area contributed by atoms with E-state index in [2.05, 4.69) is 26.5 Å². The predicted octanol–water partition coefficient (Wildman–Crippen LogP) is 5.47. The van der Waals surface area contributed by atoms with Gasteiger partial charge >= 0.3 is 5.97 Å². The Morgan fingerprint density at radius 1 is 1.15 bits per heavy atom. The van der Waals surface area contributed by atoms with Crippen molar-refractivity contribution in [3.05, 3.63) is 64.1 Å². The van der Waals surface area contributed by atoms with Crippen molar-refractivity contribution in [3.63, 3.8) is 0 Å². The van der Waals surface area contributed by atoms with Crippen LogP contribution >= 0.6 is 44.6 Å². The molecule has 2 atom stereocenters. The first kappa shape index (κ1) is 22.0. The standard InChI is InChI=1S/C17H14Cl2N2O2.Cl2OS/c1-10-15(11-5-3-2-4-6-11)16(17(22)23)20-21(10)14-8-7-12(18)9-13(14)19;1-4(2)3/h2-10,15H,1H3,(H,22,23);/t10-,15+;/m1./s1. The van der Waals surface area contributed by atoms with Crippen molar-refractivity contribution >= 4 is 71.2 Å². The van der Waals surface area contributed by atoms with Crippen LogP contribution < -0.4 is 5.01 Å². The number of carboxylic acids is 1. The Bertz CT molecular complexity index is 876. The van der Waals surface area contributed by atoms with Gasteiger partial charge in [0.25, 0.3) is 0 Å². The Labute approximate surface area is 177 Å². The highest BCUT2D eigenvalue weighted by Crippen LogP contribution is 2.38. The van der Waals surface area contributed by atoms with Crippen molar-refractivity contribution in [1.29, 1.82) is 0 Å². The maximum Gasteiger partial charge on any atom is 0.352 e. The van der Waals surface area contributed by atoms with E-state index in [9.17, 15) is 9.90 Å². The summed E-state index contributed by atoms with van der Waals surface area (Å²) in [6.45, 7) is 1.93. The van der Waals surface area contributed by atoms with Gasteiger partial charge in [-0.2, -0.15) is 5.10 Å². The van der Waals surface area contributed by atoms with Gasteiger partial charge in [-0.1, -0.05) is 53.5 Å². The molecule has 0 saturated carbocycles. The summed E-state index contributed by atoms with van der Waals surface area (Å²) in [6.07, 6.45) is 0. The van der Waals surface area contributed by atoms with E-state index in [1.807, 2.05) is 37.3 Å². The fourth-order valence-electron chi connectivity index (χ4n) is 2.85. The van der Waals surface area contributed by atoms with E-state index in [1.54, 1.807) is 23.2 Å². The molecule has 1 aliphatic heterocycles. The summed E-state index contributed by atoms with van der Waals surface area (Å²) < 4.78 is 9.09. The normalized spacial score (nSPS) is 18.7. The van der Waals surface area contributed by atoms with Gasteiger partial charge in [-0.05, 0) is 30.7 Å². The monoisotopic (exact) mass is 466 g/mol. The summed E-state index contributed by atoms with van der Waals surface area (Å²) in [5.41, 5.74) is 1.66. The summed E-state index contributed by atoms with van der Waals surface area (Å²) in [5, 5.41) is 16.4. The minimum absolute atomic E-state index is 0.106. The molecule has 27 heavy (non-hydrogen) atoms. The zero-order valence-corrected chi connectivity index (χ0v) is 17.7. The highest BCUT2D eigenvalue weighted by atomic mass is 36.0. The Hall–Kier alpha value is -1.31. The van der Waals surface area contributed by atoms with E-state index < -0.39 is 15.2 Å². The average Bonchev–Trinajstić information content (AvgIpc) is 2.93. The van der Waals surface area contributed by atoms with Crippen LogP contribution in [0.1, 0.15) is 18.4 Å². The number of aliphatic carboxylic acids is 1. The zero-order chi connectivity index (χ0) is 20.1. The first-order chi connectivity index (χ1) is 12.7. The quantitative estimate of drug-likeness (QED) is 0.607. The van der Waals surface area contributed by atoms with Gasteiger partial charge in [0.2, 0.25) is 9.23 Å². The van der Waals surface area contributed by atoms with Crippen molar-refractivity contribution in [1.82, 2.24) is 0 Å². The third kappa shape index (κ3) is 5.59. The lowest BCUT2D eigenvalue weighted by Crippen LogP contribution is -2.30. The van der Waals surface area contributed by atoms with Gasteiger partial charge in [0, 0.05) is 26.4 Å². The summed E-state index contributed by atoms with van der Waals surface area (Å²) in [6, 6.07) is 14.4. The fraction of sp³-hybridized carbons (Fsp3) is 0.176. The van der Waals surface area contributed by atoms with E-state index in [0.717, 1.165) is 5.56 Å². The van der Waals surface area contributed by atoms with Crippen LogP contribution in [-0.2, 0) is 14.0 Å². The third-order valence-electron chi connectivity index (χ3n) is 3.91. The number of rotatable bonds is 3. The molecule has 1 aliphatic rings. The summed E-state index contributed by atoms with van der Waals surface area (Å²) in [7, 11) is 7.36. The lowest BCUT2D eigenvalue weighted by atomic mass is 9.89. The molecule has 10 heteroatoms. The summed E-state index contributed by atoms with van der Waals surface area (Å²) >= 11 is 12.2. The number of hydrazone groups is 1. The third-order valence-corrected chi connectivity index (χ3v) is 4.45. The van der Waals surface area contributed by atoms with Crippen molar-refractivity contribution in [2.75, 3.05) is 5.01 Å². The van der Waals surface area contributed by atoms with Crippen LogP contribution in [-0.4, -0.2) is 27.0 Å². The van der Waals surface area contributed by atoms with Crippen LogP contribution in [0.4, 0.5) is 5.69 Å². The molecule has 5 nitrogen and oxygen atoms in total. The molecular weight excluding hydrogens is 454 g/mol. The average molecular weight is 468 g/mol. The SMILES string of the molecule is C[C@@H]1[C@@H](c2ccccc2)C(C(=O)O)=NN1c1ccc(Cl)cc1Cl.O=S(Cl)Cl. The van der Waals surface area contributed by atoms with E-state index in [1.165, 1.54) is 0 Å². The van der Waals surface area contributed by atoms with Crippen LogP contribution in [0.15, 0.2) is 53.6 Å². The van der Waals surface area contributed by atoms with Crippen LogP contribution in [0.25, 0.3) is 0 Å². The second-order valence-corrected chi connectivity index (χ2v) is 8.91. The van der Waals surface area contributed by atoms with Gasteiger partial charge in [-0.25, -0.2) is 9.00 Å². The molecule has 3 rings (SSSR count). The highest BCUT2D eigenvalue weighted by molar-refractivity contribution is 8.26. The molecule has 0 unspecified atom stereocenters. The molecule has 0 radical (unpaired) electrons. The van der Waals surface area contributed by atoms with Gasteiger partial charge < -0.3 is 5.11 Å². The minimum atomic E-state index is -1.67. The van der Waals surface area contributed by atoms with Crippen LogP contribution in [0, 0.1) is 0 Å². The first-order valence-corrected chi connectivity index (χ1v) is 11.1. The second kappa shape index (κ2) is 9.75. The van der Waals surface area contributed by atoms with Crippen LogP contribution in [0.3, 0.4) is 0 Å². The lowest BCUT2D eigenvalue weighted by Gasteiger charge is -2.25. The van der Waals surface area contributed by atoms with E-state index in [-0.39, 0.29) is 17.7 Å². The lowest BCUT2D eigenvalue weighted by molar-refractivity contribution is -0.129. The van der Waals surface area contributed by atoms with Crippen molar-refractivity contribution in [2.45, 2.75) is 18.9 Å². The molecule has 1 heterocycles. The summed E-state index contributed by atoms with van der Waals surface area (Å²) in [5.74, 6) is -1.36. The van der Waals surface area contributed by atoms with Gasteiger partial charge in [-0.3, -0.25) is 5.01 Å². The van der Waals surface area contributed by atoms with Crippen LogP contribution in [0.2, 0.25) is 10.0 Å². The summed E-state index contributed by atoms with van der Waals surface area (Å²) in [4.78, 5) is 11.6. The first-order valence-electron chi connectivity index (χ1n) is 7.57. The molecule has 1 N–H and O–H groups in total. The maximum atomic E-state index is 11.6. The van der Waals surface area contributed by atoms with Gasteiger partial charge in [-0.15, -0.1) is 0 Å². The number of anilines is 1. The Balaban J connectivity index is 0.000000596. The molecule has 2 aromatic carbocycles. The molecule has 0 saturated heterocycles. The van der Waals surface area contributed by atoms with E-state index >= 15 is 0 Å². The number of nitrogens with zero attached hydrogens (tertiary/aromatic N) is 2. The van der Waals surface area contributed by atoms with Crippen molar-refractivity contribution in [3.8, 4) is 0 Å². The van der Waals surface area contributed by atoms with Gasteiger partial charge in [0.05, 0.1) is 22.7 Å². The molecule has 144 valence electrons. The molecular formula is C17H14Cl4N2O3S. The Morgan fingerprint density at radius 2 is 1.74 bits per heavy atom. The zero-order valence-electron chi connectivity index (χ0n) is 13.9. The second-order valence-electron chi connectivity index (χ2n) is 5.54. The van der Waals surface area contributed by atoms with Crippen molar-refractivity contribution < 1.29 is 14.1 Å². The molecule has 0 spiro atoms. The smallest absolute Gasteiger partial charge is 0.352 e. The number of hydrogen-bond donors (Lipinski definition) is 1. The molecule has 0 fully saturated rings. The number of hydrogen-bond acceptors (Lipinski definition) is 4. The maximum absolute atomic E-state index is 11.6. The predicted molar refractivity (Wildman–Crippen MR) is 113 cm³/mol. The Kier molecular flexibility index (Phi) is 7.94. The number of halogens is 4. The Morgan fingerprint density at radius 3 is 2.26 bits per heavy atom. The number of carboxylic acid groups (broad SMARTS) is 1. The number of carbonyl (C=O) groups is 1. The fourth-order valence-corrected chi connectivity index (χ4v) is 3.35. The molecule has 2 aromatic rings. The largest absolute Gasteiger partial charge is 0.477 e. The van der Waals surface area contributed by atoms with Gasteiger partial charge in [0.1, 0.15) is 0 Å². The molecule has 0 aromatic heterocycles. The number of benzene rings is 2. The highest BCUT2D eigenvalue weighted by Gasteiger charge is 2.40. The van der Waals surface area contributed by atoms with E-state index in [4.69, 9.17) is 27.4 Å². The molecule has 0 bridgehead atoms. The minimum Gasteiger partial charge on any atom is -0.477 e.